The highest BCUT2D eigenvalue weighted by molar-refractivity contribution is 9.10. The molecule has 0 saturated carbocycles. The number of hydrogen-bond donors (Lipinski definition) is 2. The van der Waals surface area contributed by atoms with Gasteiger partial charge in [-0.1, -0.05) is 47.1 Å². The summed E-state index contributed by atoms with van der Waals surface area (Å²) in [6.45, 7) is 3.88. The van der Waals surface area contributed by atoms with Crippen molar-refractivity contribution in [2.45, 2.75) is 31.7 Å². The Morgan fingerprint density at radius 3 is 2.55 bits per heavy atom. The van der Waals surface area contributed by atoms with E-state index in [1.807, 2.05) is 6.92 Å². The summed E-state index contributed by atoms with van der Waals surface area (Å²) in [5.41, 5.74) is 2.38. The van der Waals surface area contributed by atoms with E-state index in [1.165, 1.54) is 10.7 Å². The number of hydrogen-bond acceptors (Lipinski definition) is 5. The van der Waals surface area contributed by atoms with E-state index in [1.54, 1.807) is 43.3 Å². The zero-order valence-corrected chi connectivity index (χ0v) is 18.2. The molecule has 0 unspecified atom stereocenters. The van der Waals surface area contributed by atoms with E-state index in [4.69, 9.17) is 0 Å². The first-order chi connectivity index (χ1) is 13.7. The van der Waals surface area contributed by atoms with E-state index in [0.717, 1.165) is 0 Å². The Kier molecular flexibility index (Phi) is 6.15. The van der Waals surface area contributed by atoms with Gasteiger partial charge < -0.3 is 0 Å². The van der Waals surface area contributed by atoms with Crippen LogP contribution in [0.2, 0.25) is 0 Å². The van der Waals surface area contributed by atoms with Crippen molar-refractivity contribution in [3.05, 3.63) is 68.5 Å². The molecule has 0 atom stereocenters. The monoisotopic (exact) mass is 478 g/mol. The Morgan fingerprint density at radius 1 is 1.17 bits per heavy atom. The quantitative estimate of drug-likeness (QED) is 0.528. The number of hydrazine groups is 1. The Hall–Kier alpha value is -2.56. The predicted octanol–water partition coefficient (Wildman–Crippen LogP) is 2.50. The molecule has 0 radical (unpaired) electrons. The molecule has 10 heteroatoms. The molecule has 0 aliphatic heterocycles. The normalized spacial score (nSPS) is 11.6. The van der Waals surface area contributed by atoms with Gasteiger partial charge in [0.2, 0.25) is 0 Å². The van der Waals surface area contributed by atoms with Crippen molar-refractivity contribution in [1.82, 2.24) is 20.0 Å². The van der Waals surface area contributed by atoms with Gasteiger partial charge in [-0.25, -0.2) is 13.1 Å². The first kappa shape index (κ1) is 21.2. The summed E-state index contributed by atoms with van der Waals surface area (Å²) in [6, 6.07) is 11.4. The van der Waals surface area contributed by atoms with Crippen molar-refractivity contribution in [3.63, 3.8) is 0 Å². The second-order valence-electron chi connectivity index (χ2n) is 6.39. The maximum absolute atomic E-state index is 12.7. The molecule has 3 aromatic rings. The molecule has 0 spiro atoms. The minimum absolute atomic E-state index is 0.0287. The molecule has 29 heavy (non-hydrogen) atoms. The molecular formula is C19H19BrN4O4S. The van der Waals surface area contributed by atoms with Crippen LogP contribution in [0.1, 0.15) is 29.4 Å². The van der Waals surface area contributed by atoms with Crippen molar-refractivity contribution in [2.24, 2.45) is 0 Å². The molecule has 1 amide bonds. The highest BCUT2D eigenvalue weighted by Gasteiger charge is 2.21. The number of benzene rings is 2. The van der Waals surface area contributed by atoms with Gasteiger partial charge in [0.15, 0.2) is 5.69 Å². The summed E-state index contributed by atoms with van der Waals surface area (Å²) in [7, 11) is -4.01. The van der Waals surface area contributed by atoms with E-state index < -0.39 is 15.9 Å². The van der Waals surface area contributed by atoms with Crippen molar-refractivity contribution in [3.8, 4) is 0 Å². The van der Waals surface area contributed by atoms with Crippen molar-refractivity contribution >= 4 is 42.6 Å². The summed E-state index contributed by atoms with van der Waals surface area (Å²) in [5.74, 6) is -0.762. The highest BCUT2D eigenvalue weighted by atomic mass is 79.9. The molecule has 0 saturated heterocycles. The fraction of sp³-hybridized carbons (Fsp3) is 0.211. The highest BCUT2D eigenvalue weighted by Crippen LogP contribution is 2.20. The lowest BCUT2D eigenvalue weighted by molar-refractivity contribution is 0.0939. The van der Waals surface area contributed by atoms with E-state index in [-0.39, 0.29) is 16.1 Å². The third-order valence-corrected chi connectivity index (χ3v) is 6.14. The minimum atomic E-state index is -4.01. The van der Waals surface area contributed by atoms with Crippen molar-refractivity contribution < 1.29 is 13.2 Å². The summed E-state index contributed by atoms with van der Waals surface area (Å²) in [6.07, 6.45) is 0.654. The number of nitrogens with one attached hydrogen (secondary N) is 2. The molecule has 0 aliphatic carbocycles. The standard InChI is InChI=1S/C19H19BrN4O4S/c1-3-10-24-19(26)15-7-5-4-6-14(15)17(22-24)18(25)21-23-29(27,28)16-11-13(20)9-8-12(16)2/h4-9,11,23H,3,10H2,1-2H3,(H,21,25). The summed E-state index contributed by atoms with van der Waals surface area (Å²) in [4.78, 5) is 27.4. The smallest absolute Gasteiger partial charge is 0.272 e. The van der Waals surface area contributed by atoms with Gasteiger partial charge in [0, 0.05) is 16.4 Å². The molecule has 0 aliphatic rings. The van der Waals surface area contributed by atoms with Crippen molar-refractivity contribution in [1.29, 1.82) is 0 Å². The van der Waals surface area contributed by atoms with Crippen LogP contribution in [0.15, 0.2) is 56.6 Å². The van der Waals surface area contributed by atoms with Crippen LogP contribution in [0.5, 0.6) is 0 Å². The zero-order valence-electron chi connectivity index (χ0n) is 15.8. The first-order valence-corrected chi connectivity index (χ1v) is 11.1. The Labute approximate surface area is 176 Å². The average molecular weight is 479 g/mol. The number of amides is 1. The lowest BCUT2D eigenvalue weighted by Gasteiger charge is -2.13. The number of sulfonamides is 1. The number of halogens is 1. The molecular weight excluding hydrogens is 460 g/mol. The Balaban J connectivity index is 1.95. The van der Waals surface area contributed by atoms with Gasteiger partial charge in [-0.05, 0) is 37.1 Å². The SMILES string of the molecule is CCCn1nc(C(=O)NNS(=O)(=O)c2cc(Br)ccc2C)c2ccccc2c1=O. The molecule has 1 heterocycles. The van der Waals surface area contributed by atoms with Crippen LogP contribution < -0.4 is 15.8 Å². The van der Waals surface area contributed by atoms with Gasteiger partial charge >= 0.3 is 0 Å². The summed E-state index contributed by atoms with van der Waals surface area (Å²) < 4.78 is 27.0. The van der Waals surface area contributed by atoms with E-state index in [0.29, 0.717) is 33.8 Å². The molecule has 8 nitrogen and oxygen atoms in total. The molecule has 2 N–H and O–H groups in total. The lowest BCUT2D eigenvalue weighted by atomic mass is 10.1. The van der Waals surface area contributed by atoms with Gasteiger partial charge in [0.05, 0.1) is 10.3 Å². The number of aromatic nitrogens is 2. The fourth-order valence-corrected chi connectivity index (χ4v) is 4.48. The van der Waals surface area contributed by atoms with Gasteiger partial charge in [0.1, 0.15) is 0 Å². The second kappa shape index (κ2) is 8.44. The number of rotatable bonds is 6. The number of nitrogens with zero attached hydrogens (tertiary/aromatic N) is 2. The van der Waals surface area contributed by atoms with Gasteiger partial charge in [-0.15, -0.1) is 4.83 Å². The minimum Gasteiger partial charge on any atom is -0.272 e. The van der Waals surface area contributed by atoms with Crippen LogP contribution in [0.25, 0.3) is 10.8 Å². The predicted molar refractivity (Wildman–Crippen MR) is 113 cm³/mol. The number of carbonyl (C=O) groups is 1. The van der Waals surface area contributed by atoms with Gasteiger partial charge in [-0.2, -0.15) is 5.10 Å². The van der Waals surface area contributed by atoms with E-state index in [2.05, 4.69) is 31.3 Å². The first-order valence-electron chi connectivity index (χ1n) is 8.82. The van der Waals surface area contributed by atoms with Crippen LogP contribution in [-0.4, -0.2) is 24.1 Å². The molecule has 1 aromatic heterocycles. The summed E-state index contributed by atoms with van der Waals surface area (Å²) in [5, 5.41) is 4.83. The Bertz CT molecular complexity index is 1250. The third-order valence-electron chi connectivity index (χ3n) is 4.26. The van der Waals surface area contributed by atoms with Crippen LogP contribution in [0, 0.1) is 6.92 Å². The largest absolute Gasteiger partial charge is 0.287 e. The van der Waals surface area contributed by atoms with Crippen LogP contribution in [0.3, 0.4) is 0 Å². The molecule has 152 valence electrons. The number of fused-ring (bicyclic) bond motifs is 1. The lowest BCUT2D eigenvalue weighted by Crippen LogP contribution is -2.43. The average Bonchev–Trinajstić information content (AvgIpc) is 2.70. The maximum atomic E-state index is 12.7. The fourth-order valence-electron chi connectivity index (χ4n) is 2.86. The van der Waals surface area contributed by atoms with Crippen LogP contribution in [0.4, 0.5) is 0 Å². The van der Waals surface area contributed by atoms with Crippen molar-refractivity contribution in [2.75, 3.05) is 0 Å². The maximum Gasteiger partial charge on any atom is 0.287 e. The molecule has 0 fully saturated rings. The van der Waals surface area contributed by atoms with Crippen LogP contribution >= 0.6 is 15.9 Å². The zero-order chi connectivity index (χ0) is 21.2. The summed E-state index contributed by atoms with van der Waals surface area (Å²) >= 11 is 3.24. The third kappa shape index (κ3) is 4.39. The second-order valence-corrected chi connectivity index (χ2v) is 8.96. The van der Waals surface area contributed by atoms with E-state index in [9.17, 15) is 18.0 Å². The Morgan fingerprint density at radius 2 is 1.86 bits per heavy atom. The molecule has 2 aromatic carbocycles. The molecule has 3 rings (SSSR count). The topological polar surface area (TPSA) is 110 Å². The number of aryl methyl sites for hydroxylation is 2. The van der Waals surface area contributed by atoms with Gasteiger partial charge in [0.25, 0.3) is 21.5 Å². The van der Waals surface area contributed by atoms with E-state index >= 15 is 0 Å². The number of carbonyl (C=O) groups excluding carboxylic acids is 1. The molecule has 0 bridgehead atoms. The van der Waals surface area contributed by atoms with Crippen LogP contribution in [-0.2, 0) is 16.6 Å². The van der Waals surface area contributed by atoms with Gasteiger partial charge in [-0.3, -0.25) is 15.0 Å².